The van der Waals surface area contributed by atoms with Crippen molar-refractivity contribution in [1.82, 2.24) is 9.62 Å². The van der Waals surface area contributed by atoms with Crippen molar-refractivity contribution in [2.75, 3.05) is 45.9 Å². The van der Waals surface area contributed by atoms with E-state index < -0.39 is 10.0 Å². The lowest BCUT2D eigenvalue weighted by Crippen LogP contribution is -2.64. The molecule has 1 unspecified atom stereocenters. The van der Waals surface area contributed by atoms with Crippen LogP contribution in [0.2, 0.25) is 0 Å². The SMILES string of the molecule is Cc1cc(C)c(S(=O)(=O)N2CCCCC2COCC(=O)[N+]2(C3CCNCC3)CCCCC2)c(C)c1. The average Bonchev–Trinajstić information content (AvgIpc) is 2.84. The summed E-state index contributed by atoms with van der Waals surface area (Å²) in [7, 11) is -3.63. The van der Waals surface area contributed by atoms with Crippen molar-refractivity contribution in [2.24, 2.45) is 0 Å². The van der Waals surface area contributed by atoms with Crippen LogP contribution in [0, 0.1) is 20.8 Å². The number of hydrogen-bond donors (Lipinski definition) is 1. The number of amides is 1. The number of carbonyl (C=O) groups excluding carboxylic acids is 1. The van der Waals surface area contributed by atoms with E-state index in [9.17, 15) is 13.2 Å². The first-order valence-corrected chi connectivity index (χ1v) is 15.0. The maximum Gasteiger partial charge on any atom is 0.339 e. The molecule has 35 heavy (non-hydrogen) atoms. The highest BCUT2D eigenvalue weighted by Gasteiger charge is 2.45. The van der Waals surface area contributed by atoms with E-state index in [0.29, 0.717) is 22.0 Å². The normalized spacial score (nSPS) is 24.4. The summed E-state index contributed by atoms with van der Waals surface area (Å²) in [5.41, 5.74) is 2.65. The minimum atomic E-state index is -3.63. The molecule has 1 N–H and O–H groups in total. The van der Waals surface area contributed by atoms with Gasteiger partial charge in [-0.05, 0) is 64.0 Å². The van der Waals surface area contributed by atoms with Crippen LogP contribution < -0.4 is 5.32 Å². The van der Waals surface area contributed by atoms with Crippen molar-refractivity contribution >= 4 is 15.9 Å². The molecular formula is C27H44N3O4S+. The molecule has 3 aliphatic heterocycles. The van der Waals surface area contributed by atoms with Gasteiger partial charge < -0.3 is 10.1 Å². The van der Waals surface area contributed by atoms with Gasteiger partial charge in [0.05, 0.1) is 30.6 Å². The minimum absolute atomic E-state index is 0.0803. The molecule has 3 aliphatic rings. The lowest BCUT2D eigenvalue weighted by molar-refractivity contribution is -0.885. The molecular weight excluding hydrogens is 462 g/mol. The number of quaternary nitrogens is 1. The molecule has 196 valence electrons. The zero-order valence-electron chi connectivity index (χ0n) is 21.9. The zero-order chi connectivity index (χ0) is 25.1. The Morgan fingerprint density at radius 2 is 1.66 bits per heavy atom. The van der Waals surface area contributed by atoms with Crippen LogP contribution in [0.3, 0.4) is 0 Å². The number of piperidine rings is 3. The van der Waals surface area contributed by atoms with Crippen LogP contribution in [0.5, 0.6) is 0 Å². The Bertz CT molecular complexity index is 975. The van der Waals surface area contributed by atoms with Gasteiger partial charge in [0.25, 0.3) is 0 Å². The Kier molecular flexibility index (Phi) is 8.69. The van der Waals surface area contributed by atoms with E-state index in [0.717, 1.165) is 87.8 Å². The average molecular weight is 507 g/mol. The molecule has 4 rings (SSSR count). The second-order valence-corrected chi connectivity index (χ2v) is 12.8. The lowest BCUT2D eigenvalue weighted by Gasteiger charge is -2.46. The van der Waals surface area contributed by atoms with Crippen LogP contribution in [-0.2, 0) is 19.6 Å². The molecule has 7 nitrogen and oxygen atoms in total. The van der Waals surface area contributed by atoms with Crippen molar-refractivity contribution in [3.63, 3.8) is 0 Å². The van der Waals surface area contributed by atoms with Gasteiger partial charge in [-0.2, -0.15) is 4.31 Å². The first-order chi connectivity index (χ1) is 16.8. The molecule has 0 saturated carbocycles. The highest BCUT2D eigenvalue weighted by atomic mass is 32.2. The van der Waals surface area contributed by atoms with Gasteiger partial charge in [-0.3, -0.25) is 4.48 Å². The fourth-order valence-electron chi connectivity index (χ4n) is 6.75. The summed E-state index contributed by atoms with van der Waals surface area (Å²) in [6.07, 6.45) is 8.07. The molecule has 0 spiro atoms. The van der Waals surface area contributed by atoms with Crippen LogP contribution in [0.4, 0.5) is 0 Å². The van der Waals surface area contributed by atoms with Gasteiger partial charge in [0.1, 0.15) is 0 Å². The van der Waals surface area contributed by atoms with Crippen molar-refractivity contribution in [3.05, 3.63) is 28.8 Å². The fraction of sp³-hybridized carbons (Fsp3) is 0.741. The van der Waals surface area contributed by atoms with Crippen molar-refractivity contribution < 1.29 is 22.4 Å². The molecule has 0 aromatic heterocycles. The third-order valence-corrected chi connectivity index (χ3v) is 10.7. The zero-order valence-corrected chi connectivity index (χ0v) is 22.7. The van der Waals surface area contributed by atoms with E-state index in [1.807, 2.05) is 32.9 Å². The summed E-state index contributed by atoms with van der Waals surface area (Å²) >= 11 is 0. The largest absolute Gasteiger partial charge is 0.366 e. The second-order valence-electron chi connectivity index (χ2n) is 10.9. The van der Waals surface area contributed by atoms with E-state index in [1.165, 1.54) is 6.42 Å². The second kappa shape index (κ2) is 11.4. The van der Waals surface area contributed by atoms with Gasteiger partial charge in [-0.15, -0.1) is 0 Å². The van der Waals surface area contributed by atoms with Crippen LogP contribution in [-0.4, -0.2) is 81.1 Å². The summed E-state index contributed by atoms with van der Waals surface area (Å²) in [6, 6.07) is 4.04. The lowest BCUT2D eigenvalue weighted by atomic mass is 9.96. The molecule has 0 aliphatic carbocycles. The molecule has 0 radical (unpaired) electrons. The van der Waals surface area contributed by atoms with Gasteiger partial charge in [0, 0.05) is 38.5 Å². The van der Waals surface area contributed by atoms with E-state index in [4.69, 9.17) is 4.74 Å². The first kappa shape index (κ1) is 26.7. The molecule has 8 heteroatoms. The predicted octanol–water partition coefficient (Wildman–Crippen LogP) is 3.45. The molecule has 1 aromatic carbocycles. The van der Waals surface area contributed by atoms with Crippen molar-refractivity contribution in [2.45, 2.75) is 89.1 Å². The molecule has 3 saturated heterocycles. The van der Waals surface area contributed by atoms with Crippen molar-refractivity contribution in [1.29, 1.82) is 0 Å². The number of nitrogens with one attached hydrogen (secondary N) is 1. The molecule has 3 heterocycles. The molecule has 1 amide bonds. The van der Waals surface area contributed by atoms with E-state index in [-0.39, 0.29) is 25.2 Å². The van der Waals surface area contributed by atoms with Gasteiger partial charge in [-0.25, -0.2) is 13.2 Å². The first-order valence-electron chi connectivity index (χ1n) is 13.5. The Hall–Kier alpha value is -1.32. The number of ether oxygens (including phenoxy) is 1. The number of carbonyl (C=O) groups is 1. The molecule has 1 aromatic rings. The number of likely N-dealkylation sites (tertiary alicyclic amines) is 1. The number of nitrogens with zero attached hydrogens (tertiary/aromatic N) is 2. The van der Waals surface area contributed by atoms with E-state index >= 15 is 0 Å². The summed E-state index contributed by atoms with van der Waals surface area (Å²) in [6.45, 7) is 10.4. The highest BCUT2D eigenvalue weighted by Crippen LogP contribution is 2.31. The van der Waals surface area contributed by atoms with Gasteiger partial charge >= 0.3 is 5.91 Å². The van der Waals surface area contributed by atoms with Gasteiger partial charge in [0.2, 0.25) is 10.0 Å². The van der Waals surface area contributed by atoms with E-state index in [1.54, 1.807) is 4.31 Å². The quantitative estimate of drug-likeness (QED) is 0.574. The van der Waals surface area contributed by atoms with Crippen LogP contribution in [0.1, 0.15) is 68.1 Å². The minimum Gasteiger partial charge on any atom is -0.366 e. The Labute approximate surface area is 211 Å². The standard InChI is InChI=1S/C27H44N3O4S/c1-21-17-22(2)27(23(3)18-21)35(32,33)29-14-6-5-9-24(29)19-34-20-26(31)30(15-7-4-8-16-30)25-10-12-28-13-11-25/h17-18,24-25,28H,4-16,19-20H2,1-3H3/q+1. The Morgan fingerprint density at radius 3 is 2.31 bits per heavy atom. The van der Waals surface area contributed by atoms with Crippen LogP contribution in [0.25, 0.3) is 0 Å². The maximum atomic E-state index is 13.7. The van der Waals surface area contributed by atoms with Crippen LogP contribution >= 0.6 is 0 Å². The molecule has 0 bridgehead atoms. The fourth-order valence-corrected chi connectivity index (χ4v) is 8.85. The topological polar surface area (TPSA) is 75.7 Å². The number of sulfonamides is 1. The monoisotopic (exact) mass is 506 g/mol. The molecule has 1 atom stereocenters. The summed E-state index contributed by atoms with van der Waals surface area (Å²) in [5, 5.41) is 3.42. The van der Waals surface area contributed by atoms with Gasteiger partial charge in [0.15, 0.2) is 6.61 Å². The Morgan fingerprint density at radius 1 is 1.00 bits per heavy atom. The maximum absolute atomic E-state index is 13.7. The Balaban J connectivity index is 1.45. The number of hydrogen-bond acceptors (Lipinski definition) is 5. The molecule has 3 fully saturated rings. The summed E-state index contributed by atoms with van der Waals surface area (Å²) in [4.78, 5) is 14.0. The van der Waals surface area contributed by atoms with Crippen LogP contribution in [0.15, 0.2) is 17.0 Å². The van der Waals surface area contributed by atoms with E-state index in [2.05, 4.69) is 5.32 Å². The van der Waals surface area contributed by atoms with Crippen molar-refractivity contribution in [3.8, 4) is 0 Å². The predicted molar refractivity (Wildman–Crippen MR) is 138 cm³/mol. The smallest absolute Gasteiger partial charge is 0.339 e. The third-order valence-electron chi connectivity index (χ3n) is 8.40. The number of aryl methyl sites for hydroxylation is 3. The third kappa shape index (κ3) is 5.67. The summed E-state index contributed by atoms with van der Waals surface area (Å²) in [5.74, 6) is 0.187. The number of rotatable bonds is 7. The number of benzene rings is 1. The highest BCUT2D eigenvalue weighted by molar-refractivity contribution is 7.89. The summed E-state index contributed by atoms with van der Waals surface area (Å²) < 4.78 is 35.8. The van der Waals surface area contributed by atoms with Gasteiger partial charge in [-0.1, -0.05) is 24.1 Å².